The van der Waals surface area contributed by atoms with Crippen LogP contribution in [0.4, 0.5) is 0 Å². The normalized spacial score (nSPS) is 10.2. The number of carbonyl (C=O) groups is 1. The SMILES string of the molecule is CCCN(Cc1ccccc1)C(=O)c1cccc(=O)[nH]1. The molecular weight excluding hydrogens is 252 g/mol. The molecule has 0 atom stereocenters. The van der Waals surface area contributed by atoms with Gasteiger partial charge in [0, 0.05) is 19.2 Å². The number of amides is 1. The van der Waals surface area contributed by atoms with E-state index in [4.69, 9.17) is 0 Å². The minimum Gasteiger partial charge on any atom is -0.333 e. The highest BCUT2D eigenvalue weighted by molar-refractivity contribution is 5.92. The van der Waals surface area contributed by atoms with Gasteiger partial charge in [-0.3, -0.25) is 9.59 Å². The molecule has 0 aliphatic heterocycles. The van der Waals surface area contributed by atoms with Crippen molar-refractivity contribution in [3.05, 3.63) is 70.1 Å². The number of aromatic nitrogens is 1. The van der Waals surface area contributed by atoms with E-state index in [9.17, 15) is 9.59 Å². The van der Waals surface area contributed by atoms with Gasteiger partial charge in [0.05, 0.1) is 0 Å². The Labute approximate surface area is 118 Å². The second-order valence-corrected chi connectivity index (χ2v) is 4.64. The molecule has 1 aromatic carbocycles. The van der Waals surface area contributed by atoms with E-state index in [0.29, 0.717) is 18.8 Å². The van der Waals surface area contributed by atoms with E-state index in [-0.39, 0.29) is 11.5 Å². The third-order valence-electron chi connectivity index (χ3n) is 3.00. The Morgan fingerprint density at radius 3 is 2.50 bits per heavy atom. The Morgan fingerprint density at radius 2 is 1.85 bits per heavy atom. The summed E-state index contributed by atoms with van der Waals surface area (Å²) in [5.74, 6) is -0.145. The molecule has 0 radical (unpaired) electrons. The van der Waals surface area contributed by atoms with E-state index < -0.39 is 0 Å². The van der Waals surface area contributed by atoms with Crippen molar-refractivity contribution in [3.8, 4) is 0 Å². The zero-order valence-corrected chi connectivity index (χ0v) is 11.5. The molecule has 0 unspecified atom stereocenters. The lowest BCUT2D eigenvalue weighted by molar-refractivity contribution is 0.0737. The second-order valence-electron chi connectivity index (χ2n) is 4.64. The van der Waals surface area contributed by atoms with Gasteiger partial charge in [0.15, 0.2) is 0 Å². The van der Waals surface area contributed by atoms with E-state index in [0.717, 1.165) is 12.0 Å². The lowest BCUT2D eigenvalue weighted by atomic mass is 10.2. The largest absolute Gasteiger partial charge is 0.333 e. The molecule has 0 saturated carbocycles. The molecule has 1 aromatic heterocycles. The average molecular weight is 270 g/mol. The first-order chi connectivity index (χ1) is 9.70. The number of H-pyrrole nitrogens is 1. The van der Waals surface area contributed by atoms with Crippen LogP contribution in [0.1, 0.15) is 29.4 Å². The smallest absolute Gasteiger partial charge is 0.270 e. The van der Waals surface area contributed by atoms with Crippen molar-refractivity contribution < 1.29 is 4.79 Å². The molecule has 0 saturated heterocycles. The maximum Gasteiger partial charge on any atom is 0.270 e. The molecule has 2 rings (SSSR count). The highest BCUT2D eigenvalue weighted by Gasteiger charge is 2.15. The molecule has 0 fully saturated rings. The summed E-state index contributed by atoms with van der Waals surface area (Å²) < 4.78 is 0. The van der Waals surface area contributed by atoms with Crippen LogP contribution in [-0.2, 0) is 6.54 Å². The Kier molecular flexibility index (Phi) is 4.71. The molecule has 0 bridgehead atoms. The fourth-order valence-corrected chi connectivity index (χ4v) is 2.07. The van der Waals surface area contributed by atoms with Gasteiger partial charge in [0.1, 0.15) is 5.69 Å². The monoisotopic (exact) mass is 270 g/mol. The average Bonchev–Trinajstić information content (AvgIpc) is 2.47. The van der Waals surface area contributed by atoms with Gasteiger partial charge in [-0.05, 0) is 18.1 Å². The minimum atomic E-state index is -0.257. The van der Waals surface area contributed by atoms with Gasteiger partial charge in [0.2, 0.25) is 5.56 Å². The summed E-state index contributed by atoms with van der Waals surface area (Å²) in [7, 11) is 0. The van der Waals surface area contributed by atoms with Crippen LogP contribution in [0.15, 0.2) is 53.3 Å². The fraction of sp³-hybridized carbons (Fsp3) is 0.250. The summed E-state index contributed by atoms with van der Waals surface area (Å²) in [6.45, 7) is 3.23. The first kappa shape index (κ1) is 14.1. The van der Waals surface area contributed by atoms with Crippen LogP contribution in [0.2, 0.25) is 0 Å². The molecule has 1 amide bonds. The van der Waals surface area contributed by atoms with Crippen LogP contribution in [-0.4, -0.2) is 22.3 Å². The molecule has 104 valence electrons. The molecule has 1 heterocycles. The van der Waals surface area contributed by atoms with Gasteiger partial charge in [-0.1, -0.05) is 43.3 Å². The molecule has 20 heavy (non-hydrogen) atoms. The lowest BCUT2D eigenvalue weighted by Crippen LogP contribution is -2.32. The number of rotatable bonds is 5. The summed E-state index contributed by atoms with van der Waals surface area (Å²) in [5.41, 5.74) is 1.15. The van der Waals surface area contributed by atoms with Crippen LogP contribution in [0.5, 0.6) is 0 Å². The molecule has 4 heteroatoms. The van der Waals surface area contributed by atoms with Gasteiger partial charge in [-0.15, -0.1) is 0 Å². The Bertz CT molecular complexity index is 620. The van der Waals surface area contributed by atoms with Crippen molar-refractivity contribution in [2.24, 2.45) is 0 Å². The molecule has 4 nitrogen and oxygen atoms in total. The number of hydrogen-bond acceptors (Lipinski definition) is 2. The second kappa shape index (κ2) is 6.70. The summed E-state index contributed by atoms with van der Waals surface area (Å²) in [6, 6.07) is 14.5. The third-order valence-corrected chi connectivity index (χ3v) is 3.00. The number of hydrogen-bond donors (Lipinski definition) is 1. The third kappa shape index (κ3) is 3.57. The predicted octanol–water partition coefficient (Wildman–Crippen LogP) is 2.43. The van der Waals surface area contributed by atoms with Gasteiger partial charge in [0.25, 0.3) is 5.91 Å². The first-order valence-corrected chi connectivity index (χ1v) is 6.73. The van der Waals surface area contributed by atoms with E-state index >= 15 is 0 Å². The van der Waals surface area contributed by atoms with Gasteiger partial charge >= 0.3 is 0 Å². The molecule has 0 spiro atoms. The summed E-state index contributed by atoms with van der Waals surface area (Å²) in [6.07, 6.45) is 0.871. The predicted molar refractivity (Wildman–Crippen MR) is 78.5 cm³/mol. The number of benzene rings is 1. The number of pyridine rings is 1. The quantitative estimate of drug-likeness (QED) is 0.907. The van der Waals surface area contributed by atoms with Crippen LogP contribution in [0.3, 0.4) is 0 Å². The van der Waals surface area contributed by atoms with Crippen LogP contribution < -0.4 is 5.56 Å². The number of carbonyl (C=O) groups excluding carboxylic acids is 1. The van der Waals surface area contributed by atoms with Gasteiger partial charge in [-0.2, -0.15) is 0 Å². The Balaban J connectivity index is 2.20. The molecular formula is C16H18N2O2. The fourth-order valence-electron chi connectivity index (χ4n) is 2.07. The molecule has 0 aliphatic rings. The van der Waals surface area contributed by atoms with Crippen molar-refractivity contribution >= 4 is 5.91 Å². The summed E-state index contributed by atoms with van der Waals surface area (Å²) >= 11 is 0. The molecule has 2 aromatic rings. The minimum absolute atomic E-state index is 0.145. The van der Waals surface area contributed by atoms with Crippen LogP contribution in [0.25, 0.3) is 0 Å². The summed E-state index contributed by atoms with van der Waals surface area (Å²) in [5, 5.41) is 0. The van der Waals surface area contributed by atoms with Crippen molar-refractivity contribution in [1.82, 2.24) is 9.88 Å². The standard InChI is InChI=1S/C16H18N2O2/c1-2-11-18(12-13-7-4-3-5-8-13)16(20)14-9-6-10-15(19)17-14/h3-10H,2,11-12H2,1H3,(H,17,19). The van der Waals surface area contributed by atoms with Crippen molar-refractivity contribution in [1.29, 1.82) is 0 Å². The summed E-state index contributed by atoms with van der Waals surface area (Å²) in [4.78, 5) is 28.1. The topological polar surface area (TPSA) is 53.2 Å². The Morgan fingerprint density at radius 1 is 1.10 bits per heavy atom. The van der Waals surface area contributed by atoms with E-state index in [2.05, 4.69) is 4.98 Å². The van der Waals surface area contributed by atoms with Crippen LogP contribution in [0, 0.1) is 0 Å². The van der Waals surface area contributed by atoms with E-state index in [1.165, 1.54) is 6.07 Å². The maximum atomic E-state index is 12.4. The molecule has 1 N–H and O–H groups in total. The number of nitrogens with zero attached hydrogens (tertiary/aromatic N) is 1. The zero-order chi connectivity index (χ0) is 14.4. The number of aromatic amines is 1. The van der Waals surface area contributed by atoms with E-state index in [1.54, 1.807) is 17.0 Å². The highest BCUT2D eigenvalue weighted by atomic mass is 16.2. The Hall–Kier alpha value is -2.36. The number of nitrogens with one attached hydrogen (secondary N) is 1. The first-order valence-electron chi connectivity index (χ1n) is 6.73. The van der Waals surface area contributed by atoms with Crippen LogP contribution >= 0.6 is 0 Å². The molecule has 0 aliphatic carbocycles. The van der Waals surface area contributed by atoms with Crippen molar-refractivity contribution in [3.63, 3.8) is 0 Å². The maximum absolute atomic E-state index is 12.4. The van der Waals surface area contributed by atoms with Crippen molar-refractivity contribution in [2.75, 3.05) is 6.54 Å². The van der Waals surface area contributed by atoms with Gasteiger partial charge in [-0.25, -0.2) is 0 Å². The highest BCUT2D eigenvalue weighted by Crippen LogP contribution is 2.08. The zero-order valence-electron chi connectivity index (χ0n) is 11.5. The van der Waals surface area contributed by atoms with Crippen molar-refractivity contribution in [2.45, 2.75) is 19.9 Å². The lowest BCUT2D eigenvalue weighted by Gasteiger charge is -2.22. The van der Waals surface area contributed by atoms with Gasteiger partial charge < -0.3 is 9.88 Å². The van der Waals surface area contributed by atoms with E-state index in [1.807, 2.05) is 37.3 Å².